The average molecular weight is 321 g/mol. The molecule has 0 fully saturated rings. The van der Waals surface area contributed by atoms with Gasteiger partial charge in [-0.05, 0) is 30.7 Å². The number of rotatable bonds is 3. The molecule has 0 saturated heterocycles. The van der Waals surface area contributed by atoms with E-state index in [4.69, 9.17) is 5.10 Å². The molecule has 0 atom stereocenters. The Balaban J connectivity index is 1.93. The van der Waals surface area contributed by atoms with Gasteiger partial charge in [-0.15, -0.1) is 0 Å². The second kappa shape index (κ2) is 6.57. The largest absolute Gasteiger partial charge is 0.316 e. The van der Waals surface area contributed by atoms with E-state index in [-0.39, 0.29) is 0 Å². The molecule has 2 aromatic carbocycles. The van der Waals surface area contributed by atoms with Crippen LogP contribution in [-0.2, 0) is 19.5 Å². The van der Waals surface area contributed by atoms with Crippen molar-refractivity contribution in [3.63, 3.8) is 0 Å². The molecular formula is C20H20FN3. The number of fused-ring (bicyclic) bond motifs is 1. The SMILES string of the molecule is FCc1cccc(-n2nc3c(c2-c2ccccc2)CCNCC3)c1. The number of halogens is 1. The molecule has 4 rings (SSSR count). The zero-order valence-electron chi connectivity index (χ0n) is 13.5. The predicted octanol–water partition coefficient (Wildman–Crippen LogP) is 3.70. The van der Waals surface area contributed by atoms with Crippen molar-refractivity contribution in [1.82, 2.24) is 15.1 Å². The van der Waals surface area contributed by atoms with Crippen molar-refractivity contribution in [3.8, 4) is 16.9 Å². The second-order valence-electron chi connectivity index (χ2n) is 6.11. The third kappa shape index (κ3) is 2.74. The number of benzene rings is 2. The zero-order chi connectivity index (χ0) is 16.4. The molecule has 0 spiro atoms. The summed E-state index contributed by atoms with van der Waals surface area (Å²) >= 11 is 0. The standard InChI is InChI=1S/C20H20FN3/c21-14-15-5-4-8-17(13-15)24-20(16-6-2-1-3-7-16)18-9-11-22-12-10-19(18)23-24/h1-8,13,22H,9-12,14H2. The summed E-state index contributed by atoms with van der Waals surface area (Å²) in [5.41, 5.74) is 6.33. The van der Waals surface area contributed by atoms with Crippen LogP contribution >= 0.6 is 0 Å². The monoisotopic (exact) mass is 321 g/mol. The molecule has 0 unspecified atom stereocenters. The fraction of sp³-hybridized carbons (Fsp3) is 0.250. The van der Waals surface area contributed by atoms with Gasteiger partial charge in [0.15, 0.2) is 0 Å². The molecule has 0 bridgehead atoms. The summed E-state index contributed by atoms with van der Waals surface area (Å²) in [6, 6.07) is 17.9. The highest BCUT2D eigenvalue weighted by Crippen LogP contribution is 2.30. The van der Waals surface area contributed by atoms with Crippen LogP contribution in [0.25, 0.3) is 16.9 Å². The van der Waals surface area contributed by atoms with Crippen molar-refractivity contribution in [1.29, 1.82) is 0 Å². The molecule has 122 valence electrons. The third-order valence-electron chi connectivity index (χ3n) is 4.51. The predicted molar refractivity (Wildman–Crippen MR) is 94.1 cm³/mol. The maximum atomic E-state index is 13.1. The maximum absolute atomic E-state index is 13.1. The normalized spacial score (nSPS) is 14.2. The lowest BCUT2D eigenvalue weighted by Crippen LogP contribution is -2.17. The summed E-state index contributed by atoms with van der Waals surface area (Å²) in [6.45, 7) is 1.45. The summed E-state index contributed by atoms with van der Waals surface area (Å²) in [7, 11) is 0. The number of aromatic nitrogens is 2. The van der Waals surface area contributed by atoms with Gasteiger partial charge in [-0.2, -0.15) is 5.10 Å². The summed E-state index contributed by atoms with van der Waals surface area (Å²) in [5.74, 6) is 0. The Bertz CT molecular complexity index is 839. The van der Waals surface area contributed by atoms with Crippen molar-refractivity contribution >= 4 is 0 Å². The number of nitrogens with one attached hydrogen (secondary N) is 1. The van der Waals surface area contributed by atoms with Gasteiger partial charge < -0.3 is 5.32 Å². The number of nitrogens with zero attached hydrogens (tertiary/aromatic N) is 2. The minimum absolute atomic E-state index is 0.459. The molecule has 1 aromatic heterocycles. The van der Waals surface area contributed by atoms with Crippen molar-refractivity contribution in [2.45, 2.75) is 19.5 Å². The molecule has 4 heteroatoms. The fourth-order valence-electron chi connectivity index (χ4n) is 3.36. The first-order chi connectivity index (χ1) is 11.9. The van der Waals surface area contributed by atoms with Crippen LogP contribution in [0, 0.1) is 0 Å². The molecule has 0 saturated carbocycles. The Kier molecular flexibility index (Phi) is 4.13. The Morgan fingerprint density at radius 2 is 1.83 bits per heavy atom. The van der Waals surface area contributed by atoms with Crippen molar-refractivity contribution < 1.29 is 4.39 Å². The first-order valence-electron chi connectivity index (χ1n) is 8.39. The van der Waals surface area contributed by atoms with E-state index in [0.717, 1.165) is 48.6 Å². The van der Waals surface area contributed by atoms with E-state index in [0.29, 0.717) is 5.56 Å². The zero-order valence-corrected chi connectivity index (χ0v) is 13.5. The first kappa shape index (κ1) is 15.1. The van der Waals surface area contributed by atoms with E-state index in [9.17, 15) is 4.39 Å². The lowest BCUT2D eigenvalue weighted by Gasteiger charge is -2.11. The molecule has 3 nitrogen and oxygen atoms in total. The number of hydrogen-bond donors (Lipinski definition) is 1. The van der Waals surface area contributed by atoms with E-state index in [2.05, 4.69) is 17.4 Å². The molecule has 2 heterocycles. The topological polar surface area (TPSA) is 29.9 Å². The van der Waals surface area contributed by atoms with Gasteiger partial charge in [-0.1, -0.05) is 42.5 Å². The van der Waals surface area contributed by atoms with Gasteiger partial charge in [0.25, 0.3) is 0 Å². The van der Waals surface area contributed by atoms with Crippen LogP contribution in [0.4, 0.5) is 4.39 Å². The van der Waals surface area contributed by atoms with E-state index in [1.165, 1.54) is 5.56 Å². The van der Waals surface area contributed by atoms with Gasteiger partial charge in [-0.3, -0.25) is 0 Å². The lowest BCUT2D eigenvalue weighted by molar-refractivity contribution is 0.485. The van der Waals surface area contributed by atoms with Crippen LogP contribution in [0.3, 0.4) is 0 Å². The minimum atomic E-state index is -0.459. The smallest absolute Gasteiger partial charge is 0.115 e. The Labute approximate surface area is 141 Å². The van der Waals surface area contributed by atoms with Crippen molar-refractivity contribution in [3.05, 3.63) is 71.4 Å². The van der Waals surface area contributed by atoms with Gasteiger partial charge in [0, 0.05) is 24.1 Å². The van der Waals surface area contributed by atoms with E-state index >= 15 is 0 Å². The van der Waals surface area contributed by atoms with Crippen LogP contribution in [0.5, 0.6) is 0 Å². The van der Waals surface area contributed by atoms with Crippen LogP contribution in [0.1, 0.15) is 16.8 Å². The molecule has 1 aliphatic rings. The van der Waals surface area contributed by atoms with Crippen LogP contribution < -0.4 is 5.32 Å². The van der Waals surface area contributed by atoms with Gasteiger partial charge in [0.05, 0.1) is 17.1 Å². The van der Waals surface area contributed by atoms with Gasteiger partial charge in [0.2, 0.25) is 0 Å². The Morgan fingerprint density at radius 3 is 2.67 bits per heavy atom. The first-order valence-corrected chi connectivity index (χ1v) is 8.39. The minimum Gasteiger partial charge on any atom is -0.316 e. The highest BCUT2D eigenvalue weighted by molar-refractivity contribution is 5.67. The van der Waals surface area contributed by atoms with E-state index < -0.39 is 6.67 Å². The number of hydrogen-bond acceptors (Lipinski definition) is 2. The fourth-order valence-corrected chi connectivity index (χ4v) is 3.36. The summed E-state index contributed by atoms with van der Waals surface area (Å²) in [6.07, 6.45) is 1.88. The highest BCUT2D eigenvalue weighted by Gasteiger charge is 2.21. The average Bonchev–Trinajstić information content (AvgIpc) is 2.85. The Hall–Kier alpha value is -2.46. The molecule has 1 N–H and O–H groups in total. The number of alkyl halides is 1. The van der Waals surface area contributed by atoms with E-state index in [1.54, 1.807) is 0 Å². The van der Waals surface area contributed by atoms with E-state index in [1.807, 2.05) is 47.1 Å². The lowest BCUT2D eigenvalue weighted by atomic mass is 10.0. The summed E-state index contributed by atoms with van der Waals surface area (Å²) < 4.78 is 15.1. The maximum Gasteiger partial charge on any atom is 0.115 e. The Morgan fingerprint density at radius 1 is 1.00 bits per heavy atom. The van der Waals surface area contributed by atoms with Gasteiger partial charge in [0.1, 0.15) is 6.67 Å². The van der Waals surface area contributed by atoms with Crippen LogP contribution in [0.2, 0.25) is 0 Å². The third-order valence-corrected chi connectivity index (χ3v) is 4.51. The second-order valence-corrected chi connectivity index (χ2v) is 6.11. The quantitative estimate of drug-likeness (QED) is 0.797. The van der Waals surface area contributed by atoms with Crippen LogP contribution in [-0.4, -0.2) is 22.9 Å². The molecular weight excluding hydrogens is 301 g/mol. The molecule has 0 aliphatic carbocycles. The highest BCUT2D eigenvalue weighted by atomic mass is 19.1. The van der Waals surface area contributed by atoms with Gasteiger partial charge >= 0.3 is 0 Å². The molecule has 1 aliphatic heterocycles. The van der Waals surface area contributed by atoms with Crippen molar-refractivity contribution in [2.75, 3.05) is 13.1 Å². The molecule has 0 amide bonds. The summed E-state index contributed by atoms with van der Waals surface area (Å²) in [4.78, 5) is 0. The van der Waals surface area contributed by atoms with Crippen LogP contribution in [0.15, 0.2) is 54.6 Å². The van der Waals surface area contributed by atoms with Crippen molar-refractivity contribution in [2.24, 2.45) is 0 Å². The summed E-state index contributed by atoms with van der Waals surface area (Å²) in [5, 5.41) is 8.32. The molecule has 0 radical (unpaired) electrons. The molecule has 24 heavy (non-hydrogen) atoms. The van der Waals surface area contributed by atoms with Gasteiger partial charge in [-0.25, -0.2) is 9.07 Å². The molecule has 3 aromatic rings.